The molecule has 1 fully saturated rings. The number of aliphatic imine (C=N–C) groups is 1. The molecule has 0 bridgehead atoms. The molecule has 1 aliphatic rings. The molecule has 0 saturated heterocycles. The van der Waals surface area contributed by atoms with Crippen LogP contribution in [0.1, 0.15) is 32.1 Å². The molecule has 0 aliphatic heterocycles. The van der Waals surface area contributed by atoms with Crippen molar-refractivity contribution < 1.29 is 14.2 Å². The second-order valence-electron chi connectivity index (χ2n) is 6.83. The van der Waals surface area contributed by atoms with E-state index in [1.165, 1.54) is 25.7 Å². The van der Waals surface area contributed by atoms with Crippen molar-refractivity contribution >= 4 is 5.96 Å². The van der Waals surface area contributed by atoms with Gasteiger partial charge in [-0.15, -0.1) is 0 Å². The molecule has 146 valence electrons. The first-order valence-electron chi connectivity index (χ1n) is 9.42. The molecular formula is C20H33N3O3. The maximum Gasteiger partial charge on any atom is 0.191 e. The Labute approximate surface area is 157 Å². The highest BCUT2D eigenvalue weighted by molar-refractivity contribution is 5.79. The highest BCUT2D eigenvalue weighted by Crippen LogP contribution is 2.40. The van der Waals surface area contributed by atoms with E-state index >= 15 is 0 Å². The molecule has 6 heteroatoms. The minimum atomic E-state index is 0.338. The van der Waals surface area contributed by atoms with Crippen LogP contribution in [0.15, 0.2) is 29.3 Å². The molecule has 0 aromatic heterocycles. The van der Waals surface area contributed by atoms with Crippen molar-refractivity contribution in [3.63, 3.8) is 0 Å². The van der Waals surface area contributed by atoms with Gasteiger partial charge in [-0.2, -0.15) is 0 Å². The second-order valence-corrected chi connectivity index (χ2v) is 6.83. The lowest BCUT2D eigenvalue weighted by Gasteiger charge is -2.29. The fourth-order valence-electron chi connectivity index (χ4n) is 3.48. The molecule has 1 aromatic rings. The summed E-state index contributed by atoms with van der Waals surface area (Å²) in [4.78, 5) is 4.32. The third-order valence-electron chi connectivity index (χ3n) is 5.06. The van der Waals surface area contributed by atoms with E-state index in [9.17, 15) is 0 Å². The average Bonchev–Trinajstić information content (AvgIpc) is 3.15. The maximum absolute atomic E-state index is 5.75. The van der Waals surface area contributed by atoms with Crippen molar-refractivity contribution in [2.45, 2.75) is 32.1 Å². The van der Waals surface area contributed by atoms with Crippen LogP contribution >= 0.6 is 0 Å². The van der Waals surface area contributed by atoms with Gasteiger partial charge in [0.25, 0.3) is 0 Å². The molecule has 2 N–H and O–H groups in total. The largest absolute Gasteiger partial charge is 0.497 e. The van der Waals surface area contributed by atoms with Gasteiger partial charge in [-0.05, 0) is 36.8 Å². The highest BCUT2D eigenvalue weighted by Gasteiger charge is 2.33. The number of hydrogen-bond acceptors (Lipinski definition) is 4. The Morgan fingerprint density at radius 1 is 1.12 bits per heavy atom. The molecule has 0 atom stereocenters. The molecule has 0 radical (unpaired) electrons. The zero-order valence-electron chi connectivity index (χ0n) is 16.3. The molecule has 1 saturated carbocycles. The molecule has 1 aromatic carbocycles. The van der Waals surface area contributed by atoms with Gasteiger partial charge in [-0.1, -0.05) is 18.9 Å². The van der Waals surface area contributed by atoms with Crippen LogP contribution in [0.5, 0.6) is 11.5 Å². The Hall–Kier alpha value is -1.95. The van der Waals surface area contributed by atoms with Crippen molar-refractivity contribution in [3.05, 3.63) is 24.3 Å². The number of methoxy groups -OCH3 is 2. The van der Waals surface area contributed by atoms with E-state index in [1.54, 1.807) is 21.3 Å². The minimum absolute atomic E-state index is 0.338. The van der Waals surface area contributed by atoms with Gasteiger partial charge < -0.3 is 24.8 Å². The fourth-order valence-corrected chi connectivity index (χ4v) is 3.48. The van der Waals surface area contributed by atoms with Crippen LogP contribution in [-0.4, -0.2) is 53.5 Å². The van der Waals surface area contributed by atoms with Gasteiger partial charge in [0.15, 0.2) is 5.96 Å². The molecule has 26 heavy (non-hydrogen) atoms. The third kappa shape index (κ3) is 6.41. The lowest BCUT2D eigenvalue weighted by Crippen LogP contribution is -2.44. The topological polar surface area (TPSA) is 64.1 Å². The molecule has 6 nitrogen and oxygen atoms in total. The summed E-state index contributed by atoms with van der Waals surface area (Å²) in [7, 11) is 5.23. The number of nitrogens with one attached hydrogen (secondary N) is 2. The zero-order chi connectivity index (χ0) is 18.7. The normalized spacial score (nSPS) is 16.3. The number of ether oxygens (including phenoxy) is 3. The van der Waals surface area contributed by atoms with Crippen molar-refractivity contribution in [2.75, 3.05) is 47.6 Å². The van der Waals surface area contributed by atoms with Crippen LogP contribution in [0, 0.1) is 5.41 Å². The first-order chi connectivity index (χ1) is 12.7. The maximum atomic E-state index is 5.75. The van der Waals surface area contributed by atoms with Gasteiger partial charge >= 0.3 is 0 Å². The summed E-state index contributed by atoms with van der Waals surface area (Å²) in [5, 5.41) is 6.80. The first kappa shape index (κ1) is 20.4. The standard InChI is InChI=1S/C20H33N3O3/c1-21-19(23-16-20(11-13-24-2)9-4-5-10-20)22-12-14-26-18-8-6-7-17(15-18)25-3/h6-8,15H,4-5,9-14,16H2,1-3H3,(H2,21,22,23). The second kappa shape index (κ2) is 10.9. The zero-order valence-corrected chi connectivity index (χ0v) is 16.3. The first-order valence-corrected chi connectivity index (χ1v) is 9.42. The molecular weight excluding hydrogens is 330 g/mol. The van der Waals surface area contributed by atoms with Crippen LogP contribution in [0.25, 0.3) is 0 Å². The smallest absolute Gasteiger partial charge is 0.191 e. The van der Waals surface area contributed by atoms with Crippen LogP contribution in [0.2, 0.25) is 0 Å². The van der Waals surface area contributed by atoms with Crippen molar-refractivity contribution in [1.82, 2.24) is 10.6 Å². The van der Waals surface area contributed by atoms with E-state index in [4.69, 9.17) is 14.2 Å². The van der Waals surface area contributed by atoms with E-state index < -0.39 is 0 Å². The molecule has 0 unspecified atom stereocenters. The Kier molecular flexibility index (Phi) is 8.54. The number of benzene rings is 1. The predicted octanol–water partition coefficient (Wildman–Crippen LogP) is 2.84. The molecule has 2 rings (SSSR count). The molecule has 1 aliphatic carbocycles. The van der Waals surface area contributed by atoms with Gasteiger partial charge in [-0.3, -0.25) is 4.99 Å². The summed E-state index contributed by atoms with van der Waals surface area (Å²) in [6, 6.07) is 7.63. The van der Waals surface area contributed by atoms with E-state index in [-0.39, 0.29) is 0 Å². The van der Waals surface area contributed by atoms with Crippen molar-refractivity contribution in [2.24, 2.45) is 10.4 Å². The van der Waals surface area contributed by atoms with E-state index in [1.807, 2.05) is 24.3 Å². The summed E-state index contributed by atoms with van der Waals surface area (Å²) in [5.74, 6) is 2.42. The molecule has 0 heterocycles. The van der Waals surface area contributed by atoms with E-state index in [2.05, 4.69) is 15.6 Å². The summed E-state index contributed by atoms with van der Waals surface area (Å²) >= 11 is 0. The Morgan fingerprint density at radius 2 is 1.88 bits per heavy atom. The molecule has 0 amide bonds. The van der Waals surface area contributed by atoms with Gasteiger partial charge in [-0.25, -0.2) is 0 Å². The number of guanidine groups is 1. The summed E-state index contributed by atoms with van der Waals surface area (Å²) < 4.78 is 16.3. The molecule has 0 spiro atoms. The summed E-state index contributed by atoms with van der Waals surface area (Å²) in [6.07, 6.45) is 6.25. The van der Waals surface area contributed by atoms with Crippen LogP contribution in [0.4, 0.5) is 0 Å². The number of nitrogens with zero attached hydrogens (tertiary/aromatic N) is 1. The van der Waals surface area contributed by atoms with E-state index in [0.29, 0.717) is 18.6 Å². The Bertz CT molecular complexity index is 557. The van der Waals surface area contributed by atoms with Gasteiger partial charge in [0.05, 0.1) is 13.7 Å². The third-order valence-corrected chi connectivity index (χ3v) is 5.06. The monoisotopic (exact) mass is 363 g/mol. The lowest BCUT2D eigenvalue weighted by atomic mass is 9.83. The average molecular weight is 364 g/mol. The number of rotatable bonds is 10. The minimum Gasteiger partial charge on any atom is -0.497 e. The van der Waals surface area contributed by atoms with Gasteiger partial charge in [0.1, 0.15) is 18.1 Å². The summed E-state index contributed by atoms with van der Waals surface area (Å²) in [5.41, 5.74) is 0.338. The highest BCUT2D eigenvalue weighted by atomic mass is 16.5. The van der Waals surface area contributed by atoms with Gasteiger partial charge in [0, 0.05) is 33.4 Å². The van der Waals surface area contributed by atoms with Crippen molar-refractivity contribution in [1.29, 1.82) is 0 Å². The Balaban J connectivity index is 1.71. The summed E-state index contributed by atoms with van der Waals surface area (Å²) in [6.45, 7) is 3.00. The predicted molar refractivity (Wildman–Crippen MR) is 105 cm³/mol. The fraction of sp³-hybridized carbons (Fsp3) is 0.650. The van der Waals surface area contributed by atoms with E-state index in [0.717, 1.165) is 37.0 Å². The SMILES string of the molecule is CN=C(NCCOc1cccc(OC)c1)NCC1(CCOC)CCCC1. The number of hydrogen-bond donors (Lipinski definition) is 2. The lowest BCUT2D eigenvalue weighted by molar-refractivity contribution is 0.138. The quantitative estimate of drug-likeness (QED) is 0.380. The van der Waals surface area contributed by atoms with Crippen LogP contribution in [-0.2, 0) is 4.74 Å². The van der Waals surface area contributed by atoms with Gasteiger partial charge in [0.2, 0.25) is 0 Å². The Morgan fingerprint density at radius 3 is 2.58 bits per heavy atom. The van der Waals surface area contributed by atoms with Crippen LogP contribution < -0.4 is 20.1 Å². The van der Waals surface area contributed by atoms with Crippen molar-refractivity contribution in [3.8, 4) is 11.5 Å². The van der Waals surface area contributed by atoms with Crippen LogP contribution in [0.3, 0.4) is 0 Å².